The van der Waals surface area contributed by atoms with Gasteiger partial charge >= 0.3 is 0 Å². The van der Waals surface area contributed by atoms with E-state index in [0.717, 1.165) is 12.8 Å². The highest BCUT2D eigenvalue weighted by molar-refractivity contribution is 7.89. The lowest BCUT2D eigenvalue weighted by atomic mass is 10.2. The molecule has 1 aromatic rings. The first-order chi connectivity index (χ1) is 13.7. The largest absolute Gasteiger partial charge is 0.495 e. The Morgan fingerprint density at radius 3 is 2.52 bits per heavy atom. The zero-order valence-electron chi connectivity index (χ0n) is 17.5. The third kappa shape index (κ3) is 5.09. The van der Waals surface area contributed by atoms with Crippen molar-refractivity contribution in [3.8, 4) is 5.75 Å². The predicted molar refractivity (Wildman–Crippen MR) is 110 cm³/mol. The van der Waals surface area contributed by atoms with E-state index in [1.165, 1.54) is 36.4 Å². The second-order valence-electron chi connectivity index (χ2n) is 8.30. The molecule has 3 rings (SSSR count). The SMILES string of the molecule is COc1ccc(S(=O)(=O)N2CCOCC2)cc1NC(=O)C[N+](C)(C)C1CCCC1. The minimum atomic E-state index is -3.65. The molecule has 1 saturated carbocycles. The second kappa shape index (κ2) is 8.99. The van der Waals surface area contributed by atoms with E-state index < -0.39 is 10.0 Å². The fourth-order valence-corrected chi connectivity index (χ4v) is 5.61. The minimum Gasteiger partial charge on any atom is -0.495 e. The van der Waals surface area contributed by atoms with Crippen molar-refractivity contribution in [2.75, 3.05) is 59.4 Å². The third-order valence-electron chi connectivity index (χ3n) is 5.92. The van der Waals surface area contributed by atoms with Crippen LogP contribution < -0.4 is 10.1 Å². The van der Waals surface area contributed by atoms with Crippen LogP contribution in [0, 0.1) is 0 Å². The average molecular weight is 427 g/mol. The van der Waals surface area contributed by atoms with Crippen LogP contribution in [0.5, 0.6) is 5.75 Å². The summed E-state index contributed by atoms with van der Waals surface area (Å²) in [5, 5.41) is 2.87. The van der Waals surface area contributed by atoms with Crippen molar-refractivity contribution >= 4 is 21.6 Å². The Morgan fingerprint density at radius 2 is 1.90 bits per heavy atom. The lowest BCUT2D eigenvalue weighted by Crippen LogP contribution is -2.51. The second-order valence-corrected chi connectivity index (χ2v) is 10.2. The van der Waals surface area contributed by atoms with Gasteiger partial charge in [-0.25, -0.2) is 8.42 Å². The Hall–Kier alpha value is -1.68. The first-order valence-corrected chi connectivity index (χ1v) is 11.6. The molecular formula is C20H32N3O5S+. The van der Waals surface area contributed by atoms with Gasteiger partial charge in [-0.1, -0.05) is 0 Å². The molecule has 1 aromatic carbocycles. The van der Waals surface area contributed by atoms with Crippen molar-refractivity contribution in [3.63, 3.8) is 0 Å². The number of amides is 1. The van der Waals surface area contributed by atoms with Gasteiger partial charge in [0.05, 0.1) is 51.0 Å². The van der Waals surface area contributed by atoms with E-state index in [9.17, 15) is 13.2 Å². The molecular weight excluding hydrogens is 394 g/mol. The van der Waals surface area contributed by atoms with E-state index in [4.69, 9.17) is 9.47 Å². The van der Waals surface area contributed by atoms with Gasteiger partial charge in [-0.05, 0) is 43.9 Å². The smallest absolute Gasteiger partial charge is 0.279 e. The van der Waals surface area contributed by atoms with Gasteiger partial charge in [0.2, 0.25) is 10.0 Å². The molecule has 2 aliphatic rings. The van der Waals surface area contributed by atoms with Crippen LogP contribution in [0.15, 0.2) is 23.1 Å². The number of rotatable bonds is 7. The van der Waals surface area contributed by atoms with E-state index in [1.54, 1.807) is 6.07 Å². The number of sulfonamides is 1. The maximum Gasteiger partial charge on any atom is 0.279 e. The van der Waals surface area contributed by atoms with Gasteiger partial charge in [0.1, 0.15) is 5.75 Å². The summed E-state index contributed by atoms with van der Waals surface area (Å²) in [6.45, 7) is 1.74. The number of carbonyl (C=O) groups is 1. The first-order valence-electron chi connectivity index (χ1n) is 10.1. The van der Waals surface area contributed by atoms with Gasteiger partial charge in [0, 0.05) is 13.1 Å². The number of quaternary nitrogens is 1. The van der Waals surface area contributed by atoms with Crippen LogP contribution in [0.25, 0.3) is 0 Å². The number of methoxy groups -OCH3 is 1. The molecule has 0 atom stereocenters. The molecule has 1 N–H and O–H groups in total. The van der Waals surface area contributed by atoms with Crippen LogP contribution in [-0.4, -0.2) is 83.2 Å². The minimum absolute atomic E-state index is 0.139. The number of carbonyl (C=O) groups excluding carboxylic acids is 1. The average Bonchev–Trinajstić information content (AvgIpc) is 3.24. The van der Waals surface area contributed by atoms with Crippen LogP contribution in [0.2, 0.25) is 0 Å². The zero-order valence-corrected chi connectivity index (χ0v) is 18.3. The van der Waals surface area contributed by atoms with Crippen molar-refractivity contribution in [2.24, 2.45) is 0 Å². The lowest BCUT2D eigenvalue weighted by Gasteiger charge is -2.35. The molecule has 8 nitrogen and oxygen atoms in total. The number of hydrogen-bond acceptors (Lipinski definition) is 5. The number of benzene rings is 1. The molecule has 1 heterocycles. The summed E-state index contributed by atoms with van der Waals surface area (Å²) in [7, 11) is 2.00. The van der Waals surface area contributed by atoms with E-state index in [-0.39, 0.29) is 10.8 Å². The lowest BCUT2D eigenvalue weighted by molar-refractivity contribution is -0.906. The molecule has 29 heavy (non-hydrogen) atoms. The number of nitrogens with one attached hydrogen (secondary N) is 1. The Bertz CT molecular complexity index is 829. The fourth-order valence-electron chi connectivity index (χ4n) is 4.17. The molecule has 0 bridgehead atoms. The summed E-state index contributed by atoms with van der Waals surface area (Å²) in [5.41, 5.74) is 0.373. The molecule has 0 spiro atoms. The Morgan fingerprint density at radius 1 is 1.24 bits per heavy atom. The van der Waals surface area contributed by atoms with Crippen LogP contribution in [0.4, 0.5) is 5.69 Å². The maximum atomic E-state index is 12.9. The summed E-state index contributed by atoms with van der Waals surface area (Å²) in [6.07, 6.45) is 4.69. The molecule has 0 aromatic heterocycles. The van der Waals surface area contributed by atoms with Gasteiger partial charge < -0.3 is 19.3 Å². The van der Waals surface area contributed by atoms with Crippen LogP contribution in [0.1, 0.15) is 25.7 Å². The number of likely N-dealkylation sites (N-methyl/N-ethyl adjacent to an activating group) is 1. The number of nitrogens with zero attached hydrogens (tertiary/aromatic N) is 2. The van der Waals surface area contributed by atoms with E-state index in [2.05, 4.69) is 19.4 Å². The quantitative estimate of drug-likeness (QED) is 0.671. The molecule has 0 unspecified atom stereocenters. The Balaban J connectivity index is 1.77. The first kappa shape index (κ1) is 22.0. The summed E-state index contributed by atoms with van der Waals surface area (Å²) in [6, 6.07) is 5.06. The zero-order chi connectivity index (χ0) is 21.1. The Kier molecular flexibility index (Phi) is 6.83. The topological polar surface area (TPSA) is 84.9 Å². The number of morpholine rings is 1. The highest BCUT2D eigenvalue weighted by Gasteiger charge is 2.33. The Labute approximate surface area is 173 Å². The maximum absolute atomic E-state index is 12.9. The highest BCUT2D eigenvalue weighted by atomic mass is 32.2. The highest BCUT2D eigenvalue weighted by Crippen LogP contribution is 2.30. The number of anilines is 1. The summed E-state index contributed by atoms with van der Waals surface area (Å²) >= 11 is 0. The number of ether oxygens (including phenoxy) is 2. The predicted octanol–water partition coefficient (Wildman–Crippen LogP) is 1.67. The fraction of sp³-hybridized carbons (Fsp3) is 0.650. The van der Waals surface area contributed by atoms with Gasteiger partial charge in [-0.2, -0.15) is 4.31 Å². The van der Waals surface area contributed by atoms with Gasteiger partial charge in [-0.3, -0.25) is 4.79 Å². The molecule has 1 amide bonds. The number of hydrogen-bond donors (Lipinski definition) is 1. The standard InChI is InChI=1S/C20H31N3O5S/c1-23(2,16-6-4-5-7-16)15-20(24)21-18-14-17(8-9-19(18)27-3)29(25,26)22-10-12-28-13-11-22/h8-9,14,16H,4-7,10-13,15H2,1-3H3/p+1. The third-order valence-corrected chi connectivity index (χ3v) is 7.81. The summed E-state index contributed by atoms with van der Waals surface area (Å²) < 4.78 is 38.5. The van der Waals surface area contributed by atoms with Crippen molar-refractivity contribution < 1.29 is 27.2 Å². The molecule has 162 valence electrons. The monoisotopic (exact) mass is 426 g/mol. The normalized spacial score (nSPS) is 19.3. The van der Waals surface area contributed by atoms with Gasteiger partial charge in [0.15, 0.2) is 6.54 Å². The van der Waals surface area contributed by atoms with Crippen LogP contribution in [0.3, 0.4) is 0 Å². The summed E-state index contributed by atoms with van der Waals surface area (Å²) in [5.74, 6) is 0.284. The van der Waals surface area contributed by atoms with E-state index in [0.29, 0.717) is 54.8 Å². The van der Waals surface area contributed by atoms with Crippen LogP contribution in [-0.2, 0) is 19.6 Å². The molecule has 0 radical (unpaired) electrons. The van der Waals surface area contributed by atoms with Gasteiger partial charge in [-0.15, -0.1) is 0 Å². The van der Waals surface area contributed by atoms with Crippen molar-refractivity contribution in [1.82, 2.24) is 4.31 Å². The van der Waals surface area contributed by atoms with Crippen LogP contribution >= 0.6 is 0 Å². The molecule has 1 saturated heterocycles. The van der Waals surface area contributed by atoms with E-state index >= 15 is 0 Å². The molecule has 1 aliphatic heterocycles. The van der Waals surface area contributed by atoms with Crippen molar-refractivity contribution in [3.05, 3.63) is 18.2 Å². The van der Waals surface area contributed by atoms with Gasteiger partial charge in [0.25, 0.3) is 5.91 Å². The van der Waals surface area contributed by atoms with Crippen molar-refractivity contribution in [1.29, 1.82) is 0 Å². The summed E-state index contributed by atoms with van der Waals surface area (Å²) in [4.78, 5) is 12.9. The van der Waals surface area contributed by atoms with Crippen molar-refractivity contribution in [2.45, 2.75) is 36.6 Å². The molecule has 9 heteroatoms. The molecule has 1 aliphatic carbocycles. The molecule has 2 fully saturated rings. The van der Waals surface area contributed by atoms with E-state index in [1.807, 2.05) is 0 Å².